The molecule has 0 spiro atoms. The first-order valence-corrected chi connectivity index (χ1v) is 9.17. The third-order valence-corrected chi connectivity index (χ3v) is 4.15. The molecule has 0 aliphatic rings. The number of unbranched alkanes of at least 4 members (excludes halogenated alkanes) is 6. The van der Waals surface area contributed by atoms with E-state index in [4.69, 9.17) is 9.47 Å². The summed E-state index contributed by atoms with van der Waals surface area (Å²) in [6.45, 7) is 14.8. The Labute approximate surface area is 134 Å². The van der Waals surface area contributed by atoms with E-state index in [1.54, 1.807) is 0 Å². The van der Waals surface area contributed by atoms with Gasteiger partial charge in [-0.2, -0.15) is 0 Å². The molecule has 0 aromatic heterocycles. The first-order chi connectivity index (χ1) is 10.0. The minimum atomic E-state index is 0.257. The van der Waals surface area contributed by atoms with Crippen LogP contribution in [0.1, 0.15) is 86.0 Å². The van der Waals surface area contributed by atoms with E-state index in [1.165, 1.54) is 51.4 Å². The Balaban J connectivity index is 3.74. The van der Waals surface area contributed by atoms with Crippen LogP contribution in [0.4, 0.5) is 0 Å². The second-order valence-corrected chi connectivity index (χ2v) is 7.33. The van der Waals surface area contributed by atoms with Gasteiger partial charge in [0.1, 0.15) is 0 Å². The molecule has 0 rings (SSSR count). The summed E-state index contributed by atoms with van der Waals surface area (Å²) in [5.41, 5.74) is 0.257. The van der Waals surface area contributed by atoms with Crippen molar-refractivity contribution in [3.8, 4) is 0 Å². The van der Waals surface area contributed by atoms with Crippen molar-refractivity contribution in [3.05, 3.63) is 0 Å². The standard InChI is InChI=1S/C19H40O2/c1-6-8-10-12-14-20-16-18(19(3,4)5)17-21-15-13-11-9-7-2/h18H,6-17H2,1-5H3. The normalized spacial score (nSPS) is 12.3. The second-order valence-electron chi connectivity index (χ2n) is 7.33. The van der Waals surface area contributed by atoms with E-state index in [9.17, 15) is 0 Å². The fraction of sp³-hybridized carbons (Fsp3) is 1.00. The first kappa shape index (κ1) is 20.9. The Hall–Kier alpha value is -0.0800. The lowest BCUT2D eigenvalue weighted by Crippen LogP contribution is -2.30. The maximum absolute atomic E-state index is 5.88. The van der Waals surface area contributed by atoms with Crippen molar-refractivity contribution < 1.29 is 9.47 Å². The van der Waals surface area contributed by atoms with Gasteiger partial charge >= 0.3 is 0 Å². The topological polar surface area (TPSA) is 18.5 Å². The van der Waals surface area contributed by atoms with Crippen LogP contribution in [0.5, 0.6) is 0 Å². The van der Waals surface area contributed by atoms with Crippen molar-refractivity contribution in [2.75, 3.05) is 26.4 Å². The molecule has 2 heteroatoms. The summed E-state index contributed by atoms with van der Waals surface area (Å²) < 4.78 is 11.8. The lowest BCUT2D eigenvalue weighted by atomic mass is 9.82. The summed E-state index contributed by atoms with van der Waals surface area (Å²) in [5.74, 6) is 0.495. The Morgan fingerprint density at radius 3 is 1.43 bits per heavy atom. The molecule has 0 saturated heterocycles. The van der Waals surface area contributed by atoms with Gasteiger partial charge in [-0.05, 0) is 18.3 Å². The molecule has 0 saturated carbocycles. The second kappa shape index (κ2) is 13.6. The molecule has 0 radical (unpaired) electrons. The molecule has 0 unspecified atom stereocenters. The Morgan fingerprint density at radius 2 is 1.10 bits per heavy atom. The molecule has 0 heterocycles. The van der Waals surface area contributed by atoms with Gasteiger partial charge in [-0.1, -0.05) is 73.1 Å². The van der Waals surface area contributed by atoms with E-state index in [2.05, 4.69) is 34.6 Å². The van der Waals surface area contributed by atoms with E-state index in [0.717, 1.165) is 26.4 Å². The fourth-order valence-electron chi connectivity index (χ4n) is 2.26. The molecule has 0 amide bonds. The van der Waals surface area contributed by atoms with Crippen molar-refractivity contribution in [2.24, 2.45) is 11.3 Å². The quantitative estimate of drug-likeness (QED) is 0.375. The number of ether oxygens (including phenoxy) is 2. The van der Waals surface area contributed by atoms with Crippen molar-refractivity contribution in [1.82, 2.24) is 0 Å². The van der Waals surface area contributed by atoms with Crippen LogP contribution in [0.25, 0.3) is 0 Å². The Kier molecular flexibility index (Phi) is 13.5. The summed E-state index contributed by atoms with van der Waals surface area (Å²) in [5, 5.41) is 0. The van der Waals surface area contributed by atoms with Crippen LogP contribution in [-0.4, -0.2) is 26.4 Å². The minimum absolute atomic E-state index is 0.257. The molecular weight excluding hydrogens is 260 g/mol. The highest BCUT2D eigenvalue weighted by Gasteiger charge is 2.24. The van der Waals surface area contributed by atoms with Crippen LogP contribution in [0.15, 0.2) is 0 Å². The summed E-state index contributed by atoms with van der Waals surface area (Å²) in [4.78, 5) is 0. The highest BCUT2D eigenvalue weighted by atomic mass is 16.5. The van der Waals surface area contributed by atoms with Gasteiger partial charge in [0, 0.05) is 19.1 Å². The van der Waals surface area contributed by atoms with Crippen LogP contribution < -0.4 is 0 Å². The zero-order chi connectivity index (χ0) is 16.0. The molecule has 0 aromatic carbocycles. The number of rotatable bonds is 14. The number of hydrogen-bond acceptors (Lipinski definition) is 2. The lowest BCUT2D eigenvalue weighted by Gasteiger charge is -2.30. The molecule has 0 fully saturated rings. The van der Waals surface area contributed by atoms with Crippen LogP contribution in [0, 0.1) is 11.3 Å². The third kappa shape index (κ3) is 13.3. The molecule has 128 valence electrons. The van der Waals surface area contributed by atoms with Crippen molar-refractivity contribution in [1.29, 1.82) is 0 Å². The molecule has 21 heavy (non-hydrogen) atoms. The van der Waals surface area contributed by atoms with Crippen molar-refractivity contribution in [3.63, 3.8) is 0 Å². The van der Waals surface area contributed by atoms with Gasteiger partial charge in [0.15, 0.2) is 0 Å². The molecule has 0 atom stereocenters. The molecule has 0 aliphatic carbocycles. The molecule has 0 aromatic rings. The third-order valence-electron chi connectivity index (χ3n) is 4.15. The van der Waals surface area contributed by atoms with E-state index < -0.39 is 0 Å². The maximum Gasteiger partial charge on any atom is 0.0521 e. The summed E-state index contributed by atoms with van der Waals surface area (Å²) in [6, 6.07) is 0. The Morgan fingerprint density at radius 1 is 0.667 bits per heavy atom. The summed E-state index contributed by atoms with van der Waals surface area (Å²) >= 11 is 0. The van der Waals surface area contributed by atoms with Gasteiger partial charge in [0.2, 0.25) is 0 Å². The van der Waals surface area contributed by atoms with Gasteiger partial charge in [-0.25, -0.2) is 0 Å². The van der Waals surface area contributed by atoms with E-state index in [0.29, 0.717) is 5.92 Å². The largest absolute Gasteiger partial charge is 0.381 e. The maximum atomic E-state index is 5.88. The SMILES string of the molecule is CCCCCCOCC(COCCCCCC)C(C)(C)C. The van der Waals surface area contributed by atoms with Gasteiger partial charge in [-0.3, -0.25) is 0 Å². The van der Waals surface area contributed by atoms with Gasteiger partial charge in [0.05, 0.1) is 13.2 Å². The lowest BCUT2D eigenvalue weighted by molar-refractivity contribution is -0.00581. The summed E-state index contributed by atoms with van der Waals surface area (Å²) in [6.07, 6.45) is 10.2. The first-order valence-electron chi connectivity index (χ1n) is 9.17. The zero-order valence-corrected chi connectivity index (χ0v) is 15.4. The van der Waals surface area contributed by atoms with Gasteiger partial charge in [0.25, 0.3) is 0 Å². The smallest absolute Gasteiger partial charge is 0.0521 e. The monoisotopic (exact) mass is 300 g/mol. The molecule has 0 N–H and O–H groups in total. The predicted octanol–water partition coefficient (Wildman–Crippen LogP) is 5.84. The predicted molar refractivity (Wildman–Crippen MR) is 92.9 cm³/mol. The zero-order valence-electron chi connectivity index (χ0n) is 15.4. The minimum Gasteiger partial charge on any atom is -0.381 e. The van der Waals surface area contributed by atoms with Crippen molar-refractivity contribution in [2.45, 2.75) is 86.0 Å². The molecular formula is C19H40O2. The van der Waals surface area contributed by atoms with E-state index >= 15 is 0 Å². The molecule has 2 nitrogen and oxygen atoms in total. The Bertz CT molecular complexity index is 192. The van der Waals surface area contributed by atoms with Gasteiger partial charge < -0.3 is 9.47 Å². The highest BCUT2D eigenvalue weighted by molar-refractivity contribution is 4.73. The fourth-order valence-corrected chi connectivity index (χ4v) is 2.26. The summed E-state index contributed by atoms with van der Waals surface area (Å²) in [7, 11) is 0. The number of hydrogen-bond donors (Lipinski definition) is 0. The van der Waals surface area contributed by atoms with Crippen LogP contribution in [0.2, 0.25) is 0 Å². The van der Waals surface area contributed by atoms with Gasteiger partial charge in [-0.15, -0.1) is 0 Å². The average molecular weight is 301 g/mol. The van der Waals surface area contributed by atoms with Crippen LogP contribution in [0.3, 0.4) is 0 Å². The average Bonchev–Trinajstić information content (AvgIpc) is 2.42. The van der Waals surface area contributed by atoms with E-state index in [-0.39, 0.29) is 5.41 Å². The van der Waals surface area contributed by atoms with E-state index in [1.807, 2.05) is 0 Å². The van der Waals surface area contributed by atoms with Crippen molar-refractivity contribution >= 4 is 0 Å². The highest BCUT2D eigenvalue weighted by Crippen LogP contribution is 2.26. The van der Waals surface area contributed by atoms with Crippen LogP contribution in [-0.2, 0) is 9.47 Å². The molecule has 0 bridgehead atoms. The molecule has 0 aliphatic heterocycles. The van der Waals surface area contributed by atoms with Crippen LogP contribution >= 0.6 is 0 Å².